The van der Waals surface area contributed by atoms with Gasteiger partial charge in [-0.2, -0.15) is 0 Å². The first-order valence-electron chi connectivity index (χ1n) is 7.27. The Labute approximate surface area is 119 Å². The summed E-state index contributed by atoms with van der Waals surface area (Å²) in [5.74, 6) is 0.519. The largest absolute Gasteiger partial charge is 0.355 e. The van der Waals surface area contributed by atoms with Gasteiger partial charge >= 0.3 is 0 Å². The Morgan fingerprint density at radius 1 is 1.30 bits per heavy atom. The van der Waals surface area contributed by atoms with E-state index in [2.05, 4.69) is 52.7 Å². The number of carbonyl (C=O) groups is 1. The van der Waals surface area contributed by atoms with Crippen molar-refractivity contribution in [2.24, 2.45) is 13.0 Å². The first-order valence-corrected chi connectivity index (χ1v) is 7.27. The highest BCUT2D eigenvalue weighted by atomic mass is 16.2. The number of aromatic nitrogens is 1. The fourth-order valence-electron chi connectivity index (χ4n) is 2.55. The molecule has 1 aliphatic rings. The summed E-state index contributed by atoms with van der Waals surface area (Å²) < 4.78 is 2.15. The number of nitrogens with zero attached hydrogens (tertiary/aromatic N) is 1. The minimum absolute atomic E-state index is 0.219. The minimum atomic E-state index is 0.219. The Hall–Kier alpha value is -1.81. The van der Waals surface area contributed by atoms with Gasteiger partial charge in [-0.1, -0.05) is 18.2 Å². The van der Waals surface area contributed by atoms with Gasteiger partial charge in [0, 0.05) is 49.7 Å². The van der Waals surface area contributed by atoms with Crippen molar-refractivity contribution in [1.29, 1.82) is 0 Å². The molecule has 0 saturated heterocycles. The van der Waals surface area contributed by atoms with E-state index in [9.17, 15) is 4.79 Å². The van der Waals surface area contributed by atoms with Gasteiger partial charge < -0.3 is 15.2 Å². The molecule has 1 aromatic heterocycles. The molecule has 3 rings (SSSR count). The van der Waals surface area contributed by atoms with Crippen molar-refractivity contribution in [1.82, 2.24) is 15.2 Å². The van der Waals surface area contributed by atoms with Crippen molar-refractivity contribution in [3.63, 3.8) is 0 Å². The molecule has 1 aliphatic carbocycles. The fourth-order valence-corrected chi connectivity index (χ4v) is 2.55. The number of aryl methyl sites for hydroxylation is 1. The molecule has 4 nitrogen and oxygen atoms in total. The molecular formula is C16H21N3O. The van der Waals surface area contributed by atoms with E-state index in [1.165, 1.54) is 16.5 Å². The standard InChI is InChI=1S/C16H21N3O/c1-19-11-13(14-4-2-3-5-15(14)19)10-17-8-9-18-16(20)12-6-7-12/h2-5,11-12,17H,6-10H2,1H3,(H,18,20). The van der Waals surface area contributed by atoms with Gasteiger partial charge in [-0.15, -0.1) is 0 Å². The number of hydrogen-bond donors (Lipinski definition) is 2. The number of amides is 1. The van der Waals surface area contributed by atoms with Crippen molar-refractivity contribution >= 4 is 16.8 Å². The van der Waals surface area contributed by atoms with Crippen molar-refractivity contribution < 1.29 is 4.79 Å². The summed E-state index contributed by atoms with van der Waals surface area (Å²) in [5.41, 5.74) is 2.56. The molecule has 2 aromatic rings. The molecule has 0 spiro atoms. The molecule has 20 heavy (non-hydrogen) atoms. The highest BCUT2D eigenvalue weighted by molar-refractivity contribution is 5.83. The zero-order valence-corrected chi connectivity index (χ0v) is 11.9. The Morgan fingerprint density at radius 3 is 2.90 bits per heavy atom. The molecule has 0 bridgehead atoms. The number of carbonyl (C=O) groups excluding carboxylic acids is 1. The van der Waals surface area contributed by atoms with Gasteiger partial charge in [0.25, 0.3) is 0 Å². The number of nitrogens with one attached hydrogen (secondary N) is 2. The molecule has 106 valence electrons. The van der Waals surface area contributed by atoms with Gasteiger partial charge in [0.15, 0.2) is 0 Å². The zero-order chi connectivity index (χ0) is 13.9. The Morgan fingerprint density at radius 2 is 2.10 bits per heavy atom. The van der Waals surface area contributed by atoms with E-state index in [4.69, 9.17) is 0 Å². The second-order valence-corrected chi connectivity index (χ2v) is 5.52. The molecule has 1 saturated carbocycles. The summed E-state index contributed by atoms with van der Waals surface area (Å²) in [6, 6.07) is 8.42. The summed E-state index contributed by atoms with van der Waals surface area (Å²) in [6.07, 6.45) is 4.30. The van der Waals surface area contributed by atoms with Crippen LogP contribution >= 0.6 is 0 Å². The summed E-state index contributed by atoms with van der Waals surface area (Å²) in [5, 5.41) is 7.66. The van der Waals surface area contributed by atoms with Crippen LogP contribution in [0.5, 0.6) is 0 Å². The lowest BCUT2D eigenvalue weighted by Crippen LogP contribution is -2.32. The molecule has 2 N–H and O–H groups in total. The van der Waals surface area contributed by atoms with Crippen LogP contribution in [0.15, 0.2) is 30.5 Å². The number of para-hydroxylation sites is 1. The van der Waals surface area contributed by atoms with Crippen LogP contribution in [0.4, 0.5) is 0 Å². The van der Waals surface area contributed by atoms with E-state index < -0.39 is 0 Å². The van der Waals surface area contributed by atoms with E-state index in [-0.39, 0.29) is 5.91 Å². The van der Waals surface area contributed by atoms with Crippen molar-refractivity contribution in [2.75, 3.05) is 13.1 Å². The second kappa shape index (κ2) is 5.67. The van der Waals surface area contributed by atoms with E-state index in [0.717, 1.165) is 25.9 Å². The van der Waals surface area contributed by atoms with E-state index in [0.29, 0.717) is 12.5 Å². The molecule has 0 aliphatic heterocycles. The number of rotatable bonds is 6. The normalized spacial score (nSPS) is 14.7. The molecule has 0 radical (unpaired) electrons. The van der Waals surface area contributed by atoms with Crippen LogP contribution in [-0.2, 0) is 18.4 Å². The monoisotopic (exact) mass is 271 g/mol. The number of hydrogen-bond acceptors (Lipinski definition) is 2. The summed E-state index contributed by atoms with van der Waals surface area (Å²) in [4.78, 5) is 11.5. The molecule has 4 heteroatoms. The van der Waals surface area contributed by atoms with Gasteiger partial charge in [-0.3, -0.25) is 4.79 Å². The molecule has 0 unspecified atom stereocenters. The van der Waals surface area contributed by atoms with Gasteiger partial charge in [0.2, 0.25) is 5.91 Å². The lowest BCUT2D eigenvalue weighted by atomic mass is 10.2. The molecule has 0 atom stereocenters. The summed E-state index contributed by atoms with van der Waals surface area (Å²) >= 11 is 0. The predicted molar refractivity (Wildman–Crippen MR) is 80.4 cm³/mol. The Balaban J connectivity index is 1.48. The van der Waals surface area contributed by atoms with Gasteiger partial charge in [0.05, 0.1) is 0 Å². The number of benzene rings is 1. The average Bonchev–Trinajstić information content (AvgIpc) is 3.26. The minimum Gasteiger partial charge on any atom is -0.355 e. The van der Waals surface area contributed by atoms with E-state index >= 15 is 0 Å². The van der Waals surface area contributed by atoms with E-state index in [1.54, 1.807) is 0 Å². The maximum absolute atomic E-state index is 11.5. The van der Waals surface area contributed by atoms with Crippen molar-refractivity contribution in [3.8, 4) is 0 Å². The third kappa shape index (κ3) is 2.85. The third-order valence-corrected chi connectivity index (χ3v) is 3.84. The van der Waals surface area contributed by atoms with Crippen LogP contribution in [0, 0.1) is 5.92 Å². The lowest BCUT2D eigenvalue weighted by Gasteiger charge is -2.05. The summed E-state index contributed by atoms with van der Waals surface area (Å²) in [6.45, 7) is 2.35. The van der Waals surface area contributed by atoms with Gasteiger partial charge in [0.1, 0.15) is 0 Å². The molecule has 1 fully saturated rings. The van der Waals surface area contributed by atoms with Crippen LogP contribution in [0.3, 0.4) is 0 Å². The molecule has 1 aromatic carbocycles. The average molecular weight is 271 g/mol. The third-order valence-electron chi connectivity index (χ3n) is 3.84. The quantitative estimate of drug-likeness (QED) is 0.787. The van der Waals surface area contributed by atoms with Crippen LogP contribution in [-0.4, -0.2) is 23.6 Å². The van der Waals surface area contributed by atoms with Crippen LogP contribution in [0.1, 0.15) is 18.4 Å². The van der Waals surface area contributed by atoms with Crippen LogP contribution < -0.4 is 10.6 Å². The molecular weight excluding hydrogens is 250 g/mol. The van der Waals surface area contributed by atoms with Crippen molar-refractivity contribution in [2.45, 2.75) is 19.4 Å². The lowest BCUT2D eigenvalue weighted by molar-refractivity contribution is -0.122. The van der Waals surface area contributed by atoms with Gasteiger partial charge in [-0.25, -0.2) is 0 Å². The van der Waals surface area contributed by atoms with E-state index in [1.807, 2.05) is 0 Å². The highest BCUT2D eigenvalue weighted by Gasteiger charge is 2.28. The first-order chi connectivity index (χ1) is 9.75. The SMILES string of the molecule is Cn1cc(CNCCNC(=O)C2CC2)c2ccccc21. The predicted octanol–water partition coefficient (Wildman–Crippen LogP) is 1.79. The maximum atomic E-state index is 11.5. The van der Waals surface area contributed by atoms with Gasteiger partial charge in [-0.05, 0) is 24.5 Å². The summed E-state index contributed by atoms with van der Waals surface area (Å²) in [7, 11) is 2.07. The smallest absolute Gasteiger partial charge is 0.223 e. The Bertz CT molecular complexity index is 613. The Kier molecular flexibility index (Phi) is 3.74. The fraction of sp³-hybridized carbons (Fsp3) is 0.438. The molecule has 1 amide bonds. The topological polar surface area (TPSA) is 46.1 Å². The highest BCUT2D eigenvalue weighted by Crippen LogP contribution is 2.28. The molecule has 1 heterocycles. The zero-order valence-electron chi connectivity index (χ0n) is 11.9. The number of fused-ring (bicyclic) bond motifs is 1. The maximum Gasteiger partial charge on any atom is 0.223 e. The van der Waals surface area contributed by atoms with Crippen molar-refractivity contribution in [3.05, 3.63) is 36.0 Å². The second-order valence-electron chi connectivity index (χ2n) is 5.52. The first kappa shape index (κ1) is 13.2. The van der Waals surface area contributed by atoms with Crippen LogP contribution in [0.25, 0.3) is 10.9 Å². The van der Waals surface area contributed by atoms with Crippen LogP contribution in [0.2, 0.25) is 0 Å².